The first-order valence-corrected chi connectivity index (χ1v) is 5.45. The zero-order valence-corrected chi connectivity index (χ0v) is 9.75. The summed E-state index contributed by atoms with van der Waals surface area (Å²) >= 11 is 0. The maximum absolute atomic E-state index is 11.6. The Balaban J connectivity index is 1.90. The van der Waals surface area contributed by atoms with E-state index in [4.69, 9.17) is 4.42 Å². The molecule has 0 spiro atoms. The van der Waals surface area contributed by atoms with Gasteiger partial charge in [-0.3, -0.25) is 14.4 Å². The van der Waals surface area contributed by atoms with E-state index >= 15 is 0 Å². The highest BCUT2D eigenvalue weighted by Crippen LogP contribution is 2.11. The Morgan fingerprint density at radius 2 is 2.33 bits per heavy atom. The Labute approximate surface area is 103 Å². The number of likely N-dealkylation sites (tertiary alicyclic amines) is 1. The van der Waals surface area contributed by atoms with Crippen LogP contribution >= 0.6 is 0 Å². The molecule has 6 heteroatoms. The molecule has 1 N–H and O–H groups in total. The van der Waals surface area contributed by atoms with E-state index in [1.54, 1.807) is 19.2 Å². The number of nitrogens with zero attached hydrogens (tertiary/aromatic N) is 1. The van der Waals surface area contributed by atoms with Crippen molar-refractivity contribution in [3.8, 4) is 0 Å². The van der Waals surface area contributed by atoms with E-state index in [1.165, 1.54) is 23.3 Å². The minimum atomic E-state index is -0.830. The van der Waals surface area contributed by atoms with Gasteiger partial charge in [0, 0.05) is 6.20 Å². The molecule has 1 fully saturated rings. The summed E-state index contributed by atoms with van der Waals surface area (Å²) in [5.41, 5.74) is 0. The zero-order chi connectivity index (χ0) is 13.1. The minimum Gasteiger partial charge on any atom is -0.461 e. The van der Waals surface area contributed by atoms with Gasteiger partial charge in [0.15, 0.2) is 5.76 Å². The van der Waals surface area contributed by atoms with Crippen LogP contribution in [0.3, 0.4) is 0 Å². The molecule has 0 saturated carbocycles. The van der Waals surface area contributed by atoms with Gasteiger partial charge in [-0.2, -0.15) is 0 Å². The number of Topliss-reactive ketones (excluding diaryl/α,β-unsaturated/α-hetero) is 1. The van der Waals surface area contributed by atoms with Crippen LogP contribution in [0.4, 0.5) is 0 Å². The van der Waals surface area contributed by atoms with Crippen molar-refractivity contribution < 1.29 is 18.8 Å². The summed E-state index contributed by atoms with van der Waals surface area (Å²) in [4.78, 5) is 36.1. The molecule has 1 unspecified atom stereocenters. The molecular formula is C12H12N2O4. The molecule has 2 amide bonds. The average Bonchev–Trinajstić information content (AvgIpc) is 2.89. The van der Waals surface area contributed by atoms with Gasteiger partial charge in [-0.1, -0.05) is 6.08 Å². The SMILES string of the molecule is CC=CN1CC(NC(=O)C(=O)c2ccco2)C1=O. The summed E-state index contributed by atoms with van der Waals surface area (Å²) < 4.78 is 4.82. The minimum absolute atomic E-state index is 0.0374. The normalized spacial score (nSPS) is 18.8. The number of amides is 2. The van der Waals surface area contributed by atoms with Crippen LogP contribution in [0.15, 0.2) is 35.1 Å². The van der Waals surface area contributed by atoms with Crippen molar-refractivity contribution in [1.29, 1.82) is 0 Å². The van der Waals surface area contributed by atoms with E-state index in [0.29, 0.717) is 6.54 Å². The van der Waals surface area contributed by atoms with Crippen molar-refractivity contribution in [3.63, 3.8) is 0 Å². The van der Waals surface area contributed by atoms with Gasteiger partial charge in [0.05, 0.1) is 12.8 Å². The van der Waals surface area contributed by atoms with E-state index in [0.717, 1.165) is 0 Å². The summed E-state index contributed by atoms with van der Waals surface area (Å²) in [6, 6.07) is 2.28. The van der Waals surface area contributed by atoms with Crippen LogP contribution < -0.4 is 5.32 Å². The molecule has 94 valence electrons. The van der Waals surface area contributed by atoms with Crippen LogP contribution in [0.1, 0.15) is 17.5 Å². The molecule has 1 aliphatic heterocycles. The predicted molar refractivity (Wildman–Crippen MR) is 61.5 cm³/mol. The highest BCUT2D eigenvalue weighted by Gasteiger charge is 2.37. The number of nitrogens with one attached hydrogen (secondary N) is 1. The molecule has 6 nitrogen and oxygen atoms in total. The second kappa shape index (κ2) is 4.87. The van der Waals surface area contributed by atoms with Crippen molar-refractivity contribution in [2.75, 3.05) is 6.54 Å². The predicted octanol–water partition coefficient (Wildman–Crippen LogP) is 0.323. The summed E-state index contributed by atoms with van der Waals surface area (Å²) in [6.07, 6.45) is 4.66. The van der Waals surface area contributed by atoms with Crippen molar-refractivity contribution in [2.45, 2.75) is 13.0 Å². The standard InChI is InChI=1S/C12H12N2O4/c1-2-5-14-7-8(12(14)17)13-11(16)10(15)9-4-3-6-18-9/h2-6,8H,7H2,1H3,(H,13,16). The molecule has 1 atom stereocenters. The van der Waals surface area contributed by atoms with Crippen LogP contribution in [0.25, 0.3) is 0 Å². The molecule has 0 aromatic carbocycles. The van der Waals surface area contributed by atoms with Crippen LogP contribution in [-0.2, 0) is 9.59 Å². The quantitative estimate of drug-likeness (QED) is 0.473. The van der Waals surface area contributed by atoms with Crippen molar-refractivity contribution in [1.82, 2.24) is 10.2 Å². The van der Waals surface area contributed by atoms with Gasteiger partial charge in [0.25, 0.3) is 17.6 Å². The summed E-state index contributed by atoms with van der Waals surface area (Å²) in [7, 11) is 0. The number of carbonyl (C=O) groups excluding carboxylic acids is 3. The Hall–Kier alpha value is -2.37. The van der Waals surface area contributed by atoms with Gasteiger partial charge in [0.2, 0.25) is 0 Å². The Morgan fingerprint density at radius 1 is 1.56 bits per heavy atom. The van der Waals surface area contributed by atoms with E-state index in [-0.39, 0.29) is 11.7 Å². The number of hydrogen-bond acceptors (Lipinski definition) is 4. The number of carbonyl (C=O) groups is 3. The second-order valence-electron chi connectivity index (χ2n) is 3.81. The van der Waals surface area contributed by atoms with Crippen LogP contribution in [0.2, 0.25) is 0 Å². The van der Waals surface area contributed by atoms with Gasteiger partial charge in [0.1, 0.15) is 6.04 Å². The van der Waals surface area contributed by atoms with E-state index < -0.39 is 17.7 Å². The van der Waals surface area contributed by atoms with Gasteiger partial charge in [-0.25, -0.2) is 0 Å². The van der Waals surface area contributed by atoms with E-state index in [9.17, 15) is 14.4 Å². The molecule has 1 aliphatic rings. The lowest BCUT2D eigenvalue weighted by Gasteiger charge is -2.35. The average molecular weight is 248 g/mol. The Morgan fingerprint density at radius 3 is 2.89 bits per heavy atom. The fraction of sp³-hybridized carbons (Fsp3) is 0.250. The molecule has 1 aromatic heterocycles. The van der Waals surface area contributed by atoms with Gasteiger partial charge in [-0.15, -0.1) is 0 Å². The molecule has 1 saturated heterocycles. The first kappa shape index (κ1) is 12.1. The maximum Gasteiger partial charge on any atom is 0.296 e. The first-order chi connectivity index (χ1) is 8.63. The molecular weight excluding hydrogens is 236 g/mol. The monoisotopic (exact) mass is 248 g/mol. The molecule has 0 radical (unpaired) electrons. The lowest BCUT2D eigenvalue weighted by atomic mass is 10.1. The molecule has 0 aliphatic carbocycles. The number of β-lactam (4-membered cyclic amide) rings is 1. The summed E-state index contributed by atoms with van der Waals surface area (Å²) in [6.45, 7) is 2.17. The molecule has 2 rings (SSSR count). The largest absolute Gasteiger partial charge is 0.461 e. The highest BCUT2D eigenvalue weighted by atomic mass is 16.3. The first-order valence-electron chi connectivity index (χ1n) is 5.45. The van der Waals surface area contributed by atoms with Crippen molar-refractivity contribution in [2.24, 2.45) is 0 Å². The number of rotatable bonds is 4. The molecule has 18 heavy (non-hydrogen) atoms. The van der Waals surface area contributed by atoms with E-state index in [1.807, 2.05) is 0 Å². The Kier molecular flexibility index (Phi) is 3.27. The summed E-state index contributed by atoms with van der Waals surface area (Å²) in [5, 5.41) is 2.37. The third-order valence-corrected chi connectivity index (χ3v) is 2.55. The molecule has 1 aromatic rings. The van der Waals surface area contributed by atoms with Gasteiger partial charge >= 0.3 is 0 Å². The smallest absolute Gasteiger partial charge is 0.296 e. The number of ketones is 1. The number of hydrogen-bond donors (Lipinski definition) is 1. The molecule has 0 bridgehead atoms. The summed E-state index contributed by atoms with van der Waals surface area (Å²) in [5.74, 6) is -1.88. The van der Waals surface area contributed by atoms with E-state index in [2.05, 4.69) is 5.32 Å². The fourth-order valence-electron chi connectivity index (χ4n) is 1.62. The lowest BCUT2D eigenvalue weighted by molar-refractivity contribution is -0.142. The van der Waals surface area contributed by atoms with Crippen LogP contribution in [0, 0.1) is 0 Å². The topological polar surface area (TPSA) is 79.6 Å². The maximum atomic E-state index is 11.6. The molecule has 2 heterocycles. The zero-order valence-electron chi connectivity index (χ0n) is 9.75. The number of allylic oxidation sites excluding steroid dienone is 1. The Bertz CT molecular complexity index is 504. The lowest BCUT2D eigenvalue weighted by Crippen LogP contribution is -2.62. The van der Waals surface area contributed by atoms with Crippen LogP contribution in [-0.4, -0.2) is 35.1 Å². The van der Waals surface area contributed by atoms with Crippen LogP contribution in [0.5, 0.6) is 0 Å². The second-order valence-corrected chi connectivity index (χ2v) is 3.81. The fourth-order valence-corrected chi connectivity index (χ4v) is 1.62. The van der Waals surface area contributed by atoms with Crippen molar-refractivity contribution >= 4 is 17.6 Å². The van der Waals surface area contributed by atoms with Crippen molar-refractivity contribution in [3.05, 3.63) is 36.4 Å². The third kappa shape index (κ3) is 2.17. The van der Waals surface area contributed by atoms with Gasteiger partial charge < -0.3 is 14.6 Å². The van der Waals surface area contributed by atoms with Gasteiger partial charge in [-0.05, 0) is 19.1 Å². The third-order valence-electron chi connectivity index (χ3n) is 2.55. The highest BCUT2D eigenvalue weighted by molar-refractivity contribution is 6.42. The number of furan rings is 1.